The molecule has 0 aromatic rings. The third-order valence-corrected chi connectivity index (χ3v) is 3.30. The van der Waals surface area contributed by atoms with Crippen molar-refractivity contribution in [1.29, 1.82) is 0 Å². The Kier molecular flexibility index (Phi) is 5.15. The Morgan fingerprint density at radius 3 is 2.05 bits per heavy atom. The van der Waals surface area contributed by atoms with Crippen LogP contribution in [0, 0.1) is 0 Å². The molecule has 3 nitrogen and oxygen atoms in total. The van der Waals surface area contributed by atoms with Crippen molar-refractivity contribution in [2.45, 2.75) is 56.4 Å². The van der Waals surface area contributed by atoms with Crippen molar-refractivity contribution in [3.63, 3.8) is 0 Å². The maximum atomic E-state index is 13.3. The van der Waals surface area contributed by atoms with E-state index in [1.54, 1.807) is 0 Å². The summed E-state index contributed by atoms with van der Waals surface area (Å²) < 4.78 is 75.4. The zero-order valence-electron chi connectivity index (χ0n) is 10.5. The number of rotatable bonds is 4. The van der Waals surface area contributed by atoms with Gasteiger partial charge in [0.05, 0.1) is 6.54 Å². The molecule has 1 saturated carbocycles. The molecule has 1 unspecified atom stereocenters. The highest BCUT2D eigenvalue weighted by molar-refractivity contribution is 5.65. The van der Waals surface area contributed by atoms with Crippen molar-refractivity contribution < 1.29 is 36.2 Å². The van der Waals surface area contributed by atoms with Crippen molar-refractivity contribution in [3.8, 4) is 0 Å². The topological polar surface area (TPSA) is 40.5 Å². The maximum Gasteiger partial charge on any atom is 0.425 e. The summed E-state index contributed by atoms with van der Waals surface area (Å²) in [5.41, 5.74) is 0. The first kappa shape index (κ1) is 16.9. The number of hydrogen-bond donors (Lipinski definition) is 1. The van der Waals surface area contributed by atoms with Crippen LogP contribution in [0.3, 0.4) is 0 Å². The first-order chi connectivity index (χ1) is 9.05. The summed E-state index contributed by atoms with van der Waals surface area (Å²) in [5, 5.41) is 8.86. The van der Waals surface area contributed by atoms with Crippen LogP contribution in [0.15, 0.2) is 0 Å². The van der Waals surface area contributed by atoms with Crippen LogP contribution < -0.4 is 0 Å². The first-order valence-corrected chi connectivity index (χ1v) is 6.14. The van der Waals surface area contributed by atoms with Gasteiger partial charge in [0.2, 0.25) is 0 Å². The van der Waals surface area contributed by atoms with Gasteiger partial charge in [0, 0.05) is 6.04 Å². The molecule has 118 valence electrons. The minimum Gasteiger partial charge on any atom is -0.465 e. The Hall–Kier alpha value is -1.15. The monoisotopic (exact) mass is 307 g/mol. The van der Waals surface area contributed by atoms with Crippen molar-refractivity contribution in [3.05, 3.63) is 0 Å². The van der Waals surface area contributed by atoms with Gasteiger partial charge in [0.15, 0.2) is 0 Å². The molecule has 20 heavy (non-hydrogen) atoms. The van der Waals surface area contributed by atoms with Gasteiger partial charge in [-0.3, -0.25) is 4.90 Å². The lowest BCUT2D eigenvalue weighted by Gasteiger charge is -2.35. The van der Waals surface area contributed by atoms with Crippen molar-refractivity contribution in [2.24, 2.45) is 0 Å². The minimum atomic E-state index is -5.72. The normalized spacial score (nSPS) is 19.7. The van der Waals surface area contributed by atoms with Crippen LogP contribution >= 0.6 is 0 Å². The van der Waals surface area contributed by atoms with E-state index in [-0.39, 0.29) is 4.90 Å². The molecular formula is C11H15F6NO2. The van der Waals surface area contributed by atoms with E-state index in [1.165, 1.54) is 0 Å². The summed E-state index contributed by atoms with van der Waals surface area (Å²) in [6.45, 7) is -1.78. The highest BCUT2D eigenvalue weighted by Crippen LogP contribution is 2.36. The highest BCUT2D eigenvalue weighted by atomic mass is 19.4. The molecule has 9 heteroatoms. The summed E-state index contributed by atoms with van der Waals surface area (Å²) >= 11 is 0. The average Bonchev–Trinajstić information content (AvgIpc) is 2.34. The molecule has 0 aromatic heterocycles. The zero-order valence-corrected chi connectivity index (χ0v) is 10.5. The van der Waals surface area contributed by atoms with Gasteiger partial charge in [0.1, 0.15) is 0 Å². The molecule has 1 fully saturated rings. The fourth-order valence-electron chi connectivity index (χ4n) is 2.29. The van der Waals surface area contributed by atoms with Gasteiger partial charge in [-0.2, -0.15) is 13.2 Å². The molecule has 1 atom stereocenters. The van der Waals surface area contributed by atoms with E-state index < -0.39 is 37.0 Å². The molecule has 0 aromatic carbocycles. The number of alkyl halides is 6. The van der Waals surface area contributed by atoms with Gasteiger partial charge in [-0.05, 0) is 12.8 Å². The Labute approximate surface area is 111 Å². The number of carbonyl (C=O) groups is 1. The Balaban J connectivity index is 2.81. The fraction of sp³-hybridized carbons (Fsp3) is 0.909. The number of amides is 1. The molecule has 0 heterocycles. The molecule has 1 amide bonds. The van der Waals surface area contributed by atoms with Crippen LogP contribution in [0.5, 0.6) is 0 Å². The Morgan fingerprint density at radius 2 is 1.65 bits per heavy atom. The first-order valence-electron chi connectivity index (χ1n) is 6.14. The largest absolute Gasteiger partial charge is 0.465 e. The van der Waals surface area contributed by atoms with Gasteiger partial charge >= 0.3 is 18.2 Å². The van der Waals surface area contributed by atoms with Crippen molar-refractivity contribution in [2.75, 3.05) is 6.54 Å². The second kappa shape index (κ2) is 6.09. The number of nitrogens with zero attached hydrogens (tertiary/aromatic N) is 1. The summed E-state index contributed by atoms with van der Waals surface area (Å²) in [5.74, 6) is -4.80. The van der Waals surface area contributed by atoms with Gasteiger partial charge in [-0.1, -0.05) is 19.3 Å². The molecule has 1 rings (SSSR count). The van der Waals surface area contributed by atoms with E-state index >= 15 is 0 Å². The quantitative estimate of drug-likeness (QED) is 0.802. The van der Waals surface area contributed by atoms with Gasteiger partial charge in [0.25, 0.3) is 6.17 Å². The van der Waals surface area contributed by atoms with Crippen LogP contribution in [0.2, 0.25) is 0 Å². The van der Waals surface area contributed by atoms with E-state index in [9.17, 15) is 31.1 Å². The molecule has 1 aliphatic carbocycles. The molecule has 0 aliphatic heterocycles. The van der Waals surface area contributed by atoms with E-state index in [4.69, 9.17) is 5.11 Å². The predicted molar refractivity (Wildman–Crippen MR) is 57.5 cm³/mol. The third kappa shape index (κ3) is 4.17. The van der Waals surface area contributed by atoms with Crippen LogP contribution in [-0.2, 0) is 0 Å². The predicted octanol–water partition coefficient (Wildman–Crippen LogP) is 3.83. The van der Waals surface area contributed by atoms with E-state index in [2.05, 4.69) is 0 Å². The summed E-state index contributed by atoms with van der Waals surface area (Å²) in [6, 6.07) is -0.785. The molecule has 0 radical (unpaired) electrons. The van der Waals surface area contributed by atoms with Gasteiger partial charge in [-0.15, -0.1) is 0 Å². The lowest BCUT2D eigenvalue weighted by Crippen LogP contribution is -2.53. The maximum absolute atomic E-state index is 13.3. The minimum absolute atomic E-state index is 0.234. The number of hydrogen-bond acceptors (Lipinski definition) is 1. The van der Waals surface area contributed by atoms with Crippen LogP contribution in [0.4, 0.5) is 31.1 Å². The molecule has 0 bridgehead atoms. The van der Waals surface area contributed by atoms with Gasteiger partial charge < -0.3 is 5.11 Å². The highest BCUT2D eigenvalue weighted by Gasteiger charge is 2.58. The zero-order chi connectivity index (χ0) is 15.6. The SMILES string of the molecule is O=C(O)N(CC(F)(F)C(F)C(F)(F)F)C1CCCCC1. The van der Waals surface area contributed by atoms with Crippen LogP contribution in [-0.4, -0.2) is 47.0 Å². The Morgan fingerprint density at radius 1 is 1.15 bits per heavy atom. The second-order valence-electron chi connectivity index (χ2n) is 4.87. The molecule has 0 spiro atoms. The summed E-state index contributed by atoms with van der Waals surface area (Å²) in [7, 11) is 0. The molecule has 0 saturated heterocycles. The van der Waals surface area contributed by atoms with Crippen molar-refractivity contribution in [1.82, 2.24) is 4.90 Å². The number of halogens is 6. The van der Waals surface area contributed by atoms with Crippen molar-refractivity contribution >= 4 is 6.09 Å². The van der Waals surface area contributed by atoms with E-state index in [0.717, 1.165) is 6.42 Å². The molecule has 1 N–H and O–H groups in total. The second-order valence-corrected chi connectivity index (χ2v) is 4.87. The van der Waals surface area contributed by atoms with Gasteiger partial charge in [-0.25, -0.2) is 18.0 Å². The standard InChI is InChI=1S/C11H15F6NO2/c12-8(11(15,16)17)10(13,14)6-18(9(19)20)7-4-2-1-3-5-7/h7-8H,1-6H2,(H,19,20). The number of carboxylic acid groups (broad SMARTS) is 1. The smallest absolute Gasteiger partial charge is 0.425 e. The lowest BCUT2D eigenvalue weighted by molar-refractivity contribution is -0.247. The van der Waals surface area contributed by atoms with Crippen LogP contribution in [0.25, 0.3) is 0 Å². The summed E-state index contributed by atoms with van der Waals surface area (Å²) in [6.07, 6.45) is -9.23. The summed E-state index contributed by atoms with van der Waals surface area (Å²) in [4.78, 5) is 11.2. The molecular weight excluding hydrogens is 292 g/mol. The Bertz CT molecular complexity index is 340. The lowest BCUT2D eigenvalue weighted by atomic mass is 9.94. The molecule has 1 aliphatic rings. The third-order valence-electron chi connectivity index (χ3n) is 3.30. The van der Waals surface area contributed by atoms with E-state index in [1.807, 2.05) is 0 Å². The van der Waals surface area contributed by atoms with E-state index in [0.29, 0.717) is 25.7 Å². The average molecular weight is 307 g/mol. The fourth-order valence-corrected chi connectivity index (χ4v) is 2.29. The van der Waals surface area contributed by atoms with Crippen LogP contribution in [0.1, 0.15) is 32.1 Å².